The maximum atomic E-state index is 14.7. The lowest BCUT2D eigenvalue weighted by Gasteiger charge is -2.23. The van der Waals surface area contributed by atoms with Crippen molar-refractivity contribution in [2.24, 2.45) is 7.05 Å². The first-order valence-corrected chi connectivity index (χ1v) is 17.0. The Bertz CT molecular complexity index is 2600. The molecule has 252 valence electrons. The summed E-state index contributed by atoms with van der Waals surface area (Å²) >= 11 is 0. The van der Waals surface area contributed by atoms with E-state index in [1.807, 2.05) is 0 Å². The fraction of sp³-hybridized carbons (Fsp3) is 0.176. The van der Waals surface area contributed by atoms with Gasteiger partial charge < -0.3 is 10.2 Å². The number of hydrogen-bond acceptors (Lipinski definition) is 8. The van der Waals surface area contributed by atoms with Crippen molar-refractivity contribution in [3.05, 3.63) is 112 Å². The molecule has 1 atom stereocenters. The maximum absolute atomic E-state index is 14.7. The number of carbonyl (C=O) groups excluding carboxylic acids is 2. The summed E-state index contributed by atoms with van der Waals surface area (Å²) in [5, 5.41) is 12.0. The van der Waals surface area contributed by atoms with Crippen molar-refractivity contribution in [2.75, 3.05) is 23.2 Å². The molecule has 3 N–H and O–H groups in total. The van der Waals surface area contributed by atoms with Crippen molar-refractivity contribution in [3.8, 4) is 17.5 Å². The number of fused-ring (bicyclic) bond motifs is 1. The van der Waals surface area contributed by atoms with Crippen LogP contribution in [0.1, 0.15) is 57.4 Å². The molecular weight excluding hydrogens is 661 g/mol. The van der Waals surface area contributed by atoms with E-state index in [-0.39, 0.29) is 46.1 Å². The van der Waals surface area contributed by atoms with E-state index in [1.165, 1.54) is 26.4 Å². The van der Waals surface area contributed by atoms with E-state index in [1.54, 1.807) is 93.5 Å². The lowest BCUT2D eigenvalue weighted by molar-refractivity contribution is 0.0935. The van der Waals surface area contributed by atoms with Crippen molar-refractivity contribution in [3.63, 3.8) is 0 Å². The molecule has 0 fully saturated rings. The number of aryl methyl sites for hydroxylation is 1. The van der Waals surface area contributed by atoms with E-state index >= 15 is 0 Å². The van der Waals surface area contributed by atoms with Gasteiger partial charge >= 0.3 is 0 Å². The van der Waals surface area contributed by atoms with Crippen molar-refractivity contribution < 1.29 is 18.0 Å². The molecule has 1 aliphatic heterocycles. The van der Waals surface area contributed by atoms with Crippen LogP contribution in [0.2, 0.25) is 0 Å². The second-order valence-corrected chi connectivity index (χ2v) is 13.0. The molecule has 0 spiro atoms. The Morgan fingerprint density at radius 2 is 1.80 bits per heavy atom. The quantitative estimate of drug-likeness (QED) is 0.204. The van der Waals surface area contributed by atoms with Crippen LogP contribution in [0, 0.1) is 11.8 Å². The number of anilines is 2. The Labute approximate surface area is 285 Å². The van der Waals surface area contributed by atoms with Crippen LogP contribution < -0.4 is 25.2 Å². The van der Waals surface area contributed by atoms with Gasteiger partial charge in [-0.1, -0.05) is 37.0 Å². The Kier molecular flexibility index (Phi) is 7.93. The molecule has 0 unspecified atom stereocenters. The highest BCUT2D eigenvalue weighted by molar-refractivity contribution is 7.90. The number of hydrogen-bond donors (Lipinski definition) is 3. The number of carbonyl (C=O) groups is 2. The zero-order valence-corrected chi connectivity index (χ0v) is 28.1. The summed E-state index contributed by atoms with van der Waals surface area (Å²) in [7, 11) is -0.680. The molecule has 7 rings (SSSR count). The molecule has 4 aromatic heterocycles. The van der Waals surface area contributed by atoms with Crippen LogP contribution in [0.5, 0.6) is 0 Å². The third-order valence-electron chi connectivity index (χ3n) is 8.23. The number of nitrogens with one attached hydrogen (secondary N) is 3. The average molecular weight is 691 g/mol. The third-order valence-corrected chi connectivity index (χ3v) is 9.36. The molecule has 2 aromatic carbocycles. The third kappa shape index (κ3) is 5.44. The zero-order valence-electron chi connectivity index (χ0n) is 27.3. The summed E-state index contributed by atoms with van der Waals surface area (Å²) in [6.07, 6.45) is 6.34. The van der Waals surface area contributed by atoms with Gasteiger partial charge in [0.05, 0.1) is 40.1 Å². The number of nitrogens with zero attached hydrogens (tertiary/aromatic N) is 7. The number of benzene rings is 2. The van der Waals surface area contributed by atoms with E-state index in [0.29, 0.717) is 27.9 Å². The summed E-state index contributed by atoms with van der Waals surface area (Å²) < 4.78 is 34.3. The summed E-state index contributed by atoms with van der Waals surface area (Å²) in [5.74, 6) is 4.79. The molecular formula is C34H30N10O5S. The highest BCUT2D eigenvalue weighted by Crippen LogP contribution is 2.40. The largest absolute Gasteiger partial charge is 0.344 e. The first-order valence-electron chi connectivity index (χ1n) is 15.5. The van der Waals surface area contributed by atoms with Crippen molar-refractivity contribution in [1.82, 2.24) is 39.0 Å². The first kappa shape index (κ1) is 32.2. The molecule has 0 aliphatic carbocycles. The number of pyridine rings is 1. The van der Waals surface area contributed by atoms with Crippen LogP contribution in [0.25, 0.3) is 22.1 Å². The van der Waals surface area contributed by atoms with Gasteiger partial charge in [-0.25, -0.2) is 9.50 Å². The van der Waals surface area contributed by atoms with Crippen LogP contribution >= 0.6 is 0 Å². The molecule has 0 saturated heterocycles. The summed E-state index contributed by atoms with van der Waals surface area (Å²) in [6, 6.07) is 12.9. The van der Waals surface area contributed by atoms with Gasteiger partial charge in [-0.05, 0) is 37.3 Å². The first-order chi connectivity index (χ1) is 24.0. The normalized spacial score (nSPS) is 13.0. The Balaban J connectivity index is 1.42. The van der Waals surface area contributed by atoms with Crippen LogP contribution in [0.15, 0.2) is 78.1 Å². The molecule has 5 heterocycles. The lowest BCUT2D eigenvalue weighted by atomic mass is 9.97. The number of amides is 2. The van der Waals surface area contributed by atoms with E-state index in [0.717, 1.165) is 0 Å². The number of rotatable bonds is 8. The molecule has 0 saturated carbocycles. The smallest absolute Gasteiger partial charge is 0.300 e. The standard InChI is InChI=1S/C34H30N10O5S/c1-5-37-50(48,49)40-30-28(31-35-16-9-17-43(31)39-30)32(45)38-20(2)29-27-26-24(42(4)33(27)46)15-14-22(13-12-21-18-36-41(3)19-21)25(26)34(47)44(29)23-10-7-6-8-11-23/h6-11,14-20,37H,5H2,1-4H3,(H,38,45)(H,39,40)/t20-/m1/s1. The monoisotopic (exact) mass is 690 g/mol. The Morgan fingerprint density at radius 3 is 2.52 bits per heavy atom. The number of para-hydroxylation sites is 1. The second-order valence-electron chi connectivity index (χ2n) is 11.5. The summed E-state index contributed by atoms with van der Waals surface area (Å²) in [6.45, 7) is 3.36. The van der Waals surface area contributed by atoms with Crippen LogP contribution in [0.3, 0.4) is 0 Å². The minimum atomic E-state index is -4.08. The van der Waals surface area contributed by atoms with Crippen LogP contribution in [-0.2, 0) is 17.3 Å². The Morgan fingerprint density at radius 1 is 1.02 bits per heavy atom. The highest BCUT2D eigenvalue weighted by atomic mass is 32.2. The molecule has 0 bridgehead atoms. The van der Waals surface area contributed by atoms with Gasteiger partial charge in [-0.15, -0.1) is 5.10 Å². The van der Waals surface area contributed by atoms with Gasteiger partial charge in [-0.2, -0.15) is 18.2 Å². The van der Waals surface area contributed by atoms with Gasteiger partial charge in [0.25, 0.3) is 27.6 Å². The van der Waals surface area contributed by atoms with Crippen molar-refractivity contribution in [1.29, 1.82) is 0 Å². The van der Waals surface area contributed by atoms with Gasteiger partial charge in [0.1, 0.15) is 5.56 Å². The van der Waals surface area contributed by atoms with E-state index in [9.17, 15) is 22.8 Å². The predicted molar refractivity (Wildman–Crippen MR) is 187 cm³/mol. The second kappa shape index (κ2) is 12.3. The Hall–Kier alpha value is -6.31. The zero-order chi connectivity index (χ0) is 35.3. The lowest BCUT2D eigenvalue weighted by Crippen LogP contribution is -2.35. The summed E-state index contributed by atoms with van der Waals surface area (Å²) in [4.78, 5) is 48.7. The minimum Gasteiger partial charge on any atom is -0.344 e. The van der Waals surface area contributed by atoms with E-state index in [2.05, 4.69) is 41.8 Å². The van der Waals surface area contributed by atoms with Crippen molar-refractivity contribution in [2.45, 2.75) is 19.9 Å². The van der Waals surface area contributed by atoms with Crippen molar-refractivity contribution >= 4 is 49.9 Å². The SMILES string of the molecule is CCNS(=O)(=O)Nc1nn2cccnc2c1C(=O)N[C@H](C)c1c2c3c(ccc(C#Cc4cnn(C)c4)c3c(=O)n1-c1ccccc1)N(C)C2=O. The van der Waals surface area contributed by atoms with Gasteiger partial charge in [0, 0.05) is 55.9 Å². The molecule has 1 aliphatic rings. The number of aromatic nitrogens is 6. The van der Waals surface area contributed by atoms with Gasteiger partial charge in [-0.3, -0.25) is 28.4 Å². The molecule has 50 heavy (non-hydrogen) atoms. The predicted octanol–water partition coefficient (Wildman–Crippen LogP) is 2.51. The van der Waals surface area contributed by atoms with Gasteiger partial charge in [0.15, 0.2) is 11.5 Å². The summed E-state index contributed by atoms with van der Waals surface area (Å²) in [5.41, 5.74) is 2.01. The minimum absolute atomic E-state index is 0.0878. The molecule has 16 heteroatoms. The fourth-order valence-electron chi connectivity index (χ4n) is 6.13. The van der Waals surface area contributed by atoms with E-state index < -0.39 is 27.7 Å². The molecule has 15 nitrogen and oxygen atoms in total. The maximum Gasteiger partial charge on any atom is 0.300 e. The van der Waals surface area contributed by atoms with Crippen LogP contribution in [-0.4, -0.2) is 62.8 Å². The van der Waals surface area contributed by atoms with E-state index in [4.69, 9.17) is 0 Å². The average Bonchev–Trinajstić information content (AvgIpc) is 3.75. The van der Waals surface area contributed by atoms with Crippen LogP contribution in [0.4, 0.5) is 11.5 Å². The molecule has 2 amide bonds. The fourth-order valence-corrected chi connectivity index (χ4v) is 6.98. The topological polar surface area (TPSA) is 178 Å². The molecule has 0 radical (unpaired) electrons. The highest BCUT2D eigenvalue weighted by Gasteiger charge is 2.37. The molecule has 6 aromatic rings. The van der Waals surface area contributed by atoms with Gasteiger partial charge in [0.2, 0.25) is 0 Å².